The molecular formula is C14H28N2O2. The van der Waals surface area contributed by atoms with Crippen LogP contribution in [0.3, 0.4) is 0 Å². The molecule has 1 rings (SSSR count). The van der Waals surface area contributed by atoms with Crippen LogP contribution in [0.25, 0.3) is 0 Å². The van der Waals surface area contributed by atoms with E-state index in [0.29, 0.717) is 18.4 Å². The van der Waals surface area contributed by atoms with Crippen molar-refractivity contribution in [2.45, 2.75) is 52.0 Å². The summed E-state index contributed by atoms with van der Waals surface area (Å²) in [6, 6.07) is 0.357. The van der Waals surface area contributed by atoms with Crippen molar-refractivity contribution in [2.24, 2.45) is 5.92 Å². The number of rotatable bonds is 8. The van der Waals surface area contributed by atoms with Gasteiger partial charge in [0.15, 0.2) is 0 Å². The topological polar surface area (TPSA) is 50.4 Å². The third kappa shape index (κ3) is 6.36. The van der Waals surface area contributed by atoms with Crippen LogP contribution in [-0.2, 0) is 9.53 Å². The smallest absolute Gasteiger partial charge is 0.221 e. The zero-order valence-electron chi connectivity index (χ0n) is 11.8. The fraction of sp³-hybridized carbons (Fsp3) is 0.929. The van der Waals surface area contributed by atoms with Gasteiger partial charge < -0.3 is 15.4 Å². The second-order valence-electron chi connectivity index (χ2n) is 5.20. The highest BCUT2D eigenvalue weighted by Crippen LogP contribution is 2.17. The maximum atomic E-state index is 11.8. The molecule has 4 heteroatoms. The molecule has 0 spiro atoms. The summed E-state index contributed by atoms with van der Waals surface area (Å²) in [6.45, 7) is 7.66. The molecule has 0 bridgehead atoms. The minimum absolute atomic E-state index is 0.164. The van der Waals surface area contributed by atoms with Crippen LogP contribution in [0.4, 0.5) is 0 Å². The molecule has 1 amide bonds. The molecule has 18 heavy (non-hydrogen) atoms. The molecule has 0 aliphatic carbocycles. The van der Waals surface area contributed by atoms with Gasteiger partial charge in [-0.1, -0.05) is 13.8 Å². The van der Waals surface area contributed by atoms with E-state index >= 15 is 0 Å². The molecule has 1 fully saturated rings. The molecule has 0 saturated carbocycles. The Morgan fingerprint density at radius 2 is 2.28 bits per heavy atom. The lowest BCUT2D eigenvalue weighted by Gasteiger charge is -2.29. The van der Waals surface area contributed by atoms with Gasteiger partial charge in [0.2, 0.25) is 5.91 Å². The van der Waals surface area contributed by atoms with E-state index in [1.807, 2.05) is 0 Å². The van der Waals surface area contributed by atoms with Crippen molar-refractivity contribution in [2.75, 3.05) is 26.3 Å². The van der Waals surface area contributed by atoms with E-state index in [4.69, 9.17) is 4.74 Å². The number of carbonyl (C=O) groups excluding carboxylic acids is 1. The van der Waals surface area contributed by atoms with Gasteiger partial charge in [-0.25, -0.2) is 0 Å². The van der Waals surface area contributed by atoms with Crippen LogP contribution in [0.2, 0.25) is 0 Å². The molecule has 1 saturated heterocycles. The monoisotopic (exact) mass is 256 g/mol. The van der Waals surface area contributed by atoms with Crippen molar-refractivity contribution in [3.05, 3.63) is 0 Å². The summed E-state index contributed by atoms with van der Waals surface area (Å²) >= 11 is 0. The van der Waals surface area contributed by atoms with Crippen LogP contribution in [-0.4, -0.2) is 38.3 Å². The molecule has 1 aliphatic heterocycles. The fourth-order valence-electron chi connectivity index (χ4n) is 2.31. The first-order valence-corrected chi connectivity index (χ1v) is 7.32. The lowest BCUT2D eigenvalue weighted by atomic mass is 9.90. The Kier molecular flexibility index (Phi) is 8.01. The summed E-state index contributed by atoms with van der Waals surface area (Å²) in [7, 11) is 0. The quantitative estimate of drug-likeness (QED) is 0.650. The van der Waals surface area contributed by atoms with Gasteiger partial charge in [0.05, 0.1) is 0 Å². The zero-order valence-corrected chi connectivity index (χ0v) is 11.8. The standard InChI is InChI=1S/C14H28N2O2/c1-3-9-18-10-5-8-16-14(17)11-13-12(2)6-4-7-15-13/h12-13,15H,3-11H2,1-2H3,(H,16,17). The Labute approximate surface area is 111 Å². The van der Waals surface area contributed by atoms with Crippen LogP contribution in [0.1, 0.15) is 46.0 Å². The normalized spacial score (nSPS) is 23.9. The van der Waals surface area contributed by atoms with E-state index in [2.05, 4.69) is 24.5 Å². The molecule has 1 heterocycles. The van der Waals surface area contributed by atoms with E-state index in [-0.39, 0.29) is 5.91 Å². The van der Waals surface area contributed by atoms with E-state index < -0.39 is 0 Å². The molecule has 0 aromatic carbocycles. The lowest BCUT2D eigenvalue weighted by Crippen LogP contribution is -2.43. The summed E-state index contributed by atoms with van der Waals surface area (Å²) in [4.78, 5) is 11.8. The number of nitrogens with one attached hydrogen (secondary N) is 2. The molecular weight excluding hydrogens is 228 g/mol. The first-order chi connectivity index (χ1) is 8.74. The number of hydrogen-bond donors (Lipinski definition) is 2. The highest BCUT2D eigenvalue weighted by atomic mass is 16.5. The zero-order chi connectivity index (χ0) is 13.2. The van der Waals surface area contributed by atoms with Crippen molar-refractivity contribution in [3.8, 4) is 0 Å². The van der Waals surface area contributed by atoms with Gasteiger partial charge in [0.25, 0.3) is 0 Å². The lowest BCUT2D eigenvalue weighted by molar-refractivity contribution is -0.122. The maximum absolute atomic E-state index is 11.8. The van der Waals surface area contributed by atoms with E-state index in [1.165, 1.54) is 12.8 Å². The molecule has 4 nitrogen and oxygen atoms in total. The van der Waals surface area contributed by atoms with Gasteiger partial charge in [0, 0.05) is 32.2 Å². The average molecular weight is 256 g/mol. The molecule has 1 aliphatic rings. The first-order valence-electron chi connectivity index (χ1n) is 7.32. The Bertz CT molecular complexity index is 234. The van der Waals surface area contributed by atoms with Crippen LogP contribution < -0.4 is 10.6 Å². The van der Waals surface area contributed by atoms with Gasteiger partial charge in [-0.15, -0.1) is 0 Å². The summed E-state index contributed by atoms with van der Waals surface area (Å²) in [5.74, 6) is 0.772. The van der Waals surface area contributed by atoms with Crippen LogP contribution in [0.15, 0.2) is 0 Å². The maximum Gasteiger partial charge on any atom is 0.221 e. The Hall–Kier alpha value is -0.610. The summed E-state index contributed by atoms with van der Waals surface area (Å²) in [6.07, 6.45) is 5.03. The van der Waals surface area contributed by atoms with Gasteiger partial charge in [0.1, 0.15) is 0 Å². The molecule has 106 valence electrons. The highest BCUT2D eigenvalue weighted by Gasteiger charge is 2.22. The molecule has 0 aromatic rings. The SMILES string of the molecule is CCCOCCCNC(=O)CC1NCCCC1C. The Balaban J connectivity index is 2.02. The third-order valence-corrected chi connectivity index (χ3v) is 3.47. The van der Waals surface area contributed by atoms with E-state index in [0.717, 1.165) is 39.1 Å². The number of hydrogen-bond acceptors (Lipinski definition) is 3. The molecule has 2 N–H and O–H groups in total. The third-order valence-electron chi connectivity index (χ3n) is 3.47. The fourth-order valence-corrected chi connectivity index (χ4v) is 2.31. The Morgan fingerprint density at radius 3 is 3.00 bits per heavy atom. The minimum Gasteiger partial charge on any atom is -0.381 e. The van der Waals surface area contributed by atoms with Crippen LogP contribution >= 0.6 is 0 Å². The molecule has 0 aromatic heterocycles. The van der Waals surface area contributed by atoms with Crippen LogP contribution in [0.5, 0.6) is 0 Å². The Morgan fingerprint density at radius 1 is 1.44 bits per heavy atom. The predicted octanol–water partition coefficient (Wildman–Crippen LogP) is 1.70. The minimum atomic E-state index is 0.164. The van der Waals surface area contributed by atoms with Crippen molar-refractivity contribution in [3.63, 3.8) is 0 Å². The largest absolute Gasteiger partial charge is 0.381 e. The number of piperidine rings is 1. The number of ether oxygens (including phenoxy) is 1. The number of carbonyl (C=O) groups is 1. The second kappa shape index (κ2) is 9.34. The molecule has 2 atom stereocenters. The van der Waals surface area contributed by atoms with Crippen molar-refractivity contribution >= 4 is 5.91 Å². The number of amides is 1. The van der Waals surface area contributed by atoms with Gasteiger partial charge in [-0.05, 0) is 38.1 Å². The van der Waals surface area contributed by atoms with E-state index in [9.17, 15) is 4.79 Å². The average Bonchev–Trinajstić information content (AvgIpc) is 2.36. The van der Waals surface area contributed by atoms with Gasteiger partial charge >= 0.3 is 0 Å². The summed E-state index contributed by atoms with van der Waals surface area (Å²) < 4.78 is 5.37. The predicted molar refractivity (Wildman–Crippen MR) is 73.5 cm³/mol. The van der Waals surface area contributed by atoms with Gasteiger partial charge in [-0.2, -0.15) is 0 Å². The summed E-state index contributed by atoms with van der Waals surface area (Å²) in [5.41, 5.74) is 0. The van der Waals surface area contributed by atoms with Crippen molar-refractivity contribution < 1.29 is 9.53 Å². The van der Waals surface area contributed by atoms with Crippen molar-refractivity contribution in [1.29, 1.82) is 0 Å². The van der Waals surface area contributed by atoms with E-state index in [1.54, 1.807) is 0 Å². The van der Waals surface area contributed by atoms with Crippen molar-refractivity contribution in [1.82, 2.24) is 10.6 Å². The highest BCUT2D eigenvalue weighted by molar-refractivity contribution is 5.76. The first kappa shape index (κ1) is 15.4. The second-order valence-corrected chi connectivity index (χ2v) is 5.20. The molecule has 2 unspecified atom stereocenters. The van der Waals surface area contributed by atoms with Crippen LogP contribution in [0, 0.1) is 5.92 Å². The molecule has 0 radical (unpaired) electrons. The summed E-state index contributed by atoms with van der Waals surface area (Å²) in [5, 5.41) is 6.40. The van der Waals surface area contributed by atoms with Gasteiger partial charge in [-0.3, -0.25) is 4.79 Å².